The van der Waals surface area contributed by atoms with Gasteiger partial charge in [-0.25, -0.2) is 14.6 Å². The molecule has 4 rings (SSSR count). The lowest BCUT2D eigenvalue weighted by Crippen LogP contribution is -2.43. The second-order valence-corrected chi connectivity index (χ2v) is 7.07. The first-order valence-electron chi connectivity index (χ1n) is 8.37. The van der Waals surface area contributed by atoms with E-state index in [4.69, 9.17) is 9.37 Å². The number of nitrogens with zero attached hydrogens (tertiary/aromatic N) is 5. The lowest BCUT2D eigenvalue weighted by Gasteiger charge is -2.36. The van der Waals surface area contributed by atoms with Gasteiger partial charge in [0.25, 0.3) is 0 Å². The molecule has 0 aromatic carbocycles. The van der Waals surface area contributed by atoms with Crippen molar-refractivity contribution in [2.24, 2.45) is 0 Å². The first-order valence-corrected chi connectivity index (χ1v) is 9.25. The number of hydrogen-bond acceptors (Lipinski definition) is 9. The minimum absolute atomic E-state index is 0.285. The molecule has 0 unspecified atom stereocenters. The van der Waals surface area contributed by atoms with Crippen LogP contribution in [-0.2, 0) is 11.3 Å². The zero-order valence-electron chi connectivity index (χ0n) is 14.0. The zero-order chi connectivity index (χ0) is 17.1. The van der Waals surface area contributed by atoms with Gasteiger partial charge >= 0.3 is 0 Å². The molecule has 1 saturated heterocycles. The van der Waals surface area contributed by atoms with Crippen LogP contribution in [0, 0.1) is 0 Å². The Balaban J connectivity index is 1.68. The molecule has 1 fully saturated rings. The second kappa shape index (κ2) is 7.32. The van der Waals surface area contributed by atoms with Gasteiger partial charge in [-0.05, 0) is 41.0 Å². The van der Waals surface area contributed by atoms with Gasteiger partial charge in [-0.2, -0.15) is 0 Å². The Morgan fingerprint density at radius 1 is 1.32 bits per heavy atom. The number of ether oxygens (including phenoxy) is 1. The summed E-state index contributed by atoms with van der Waals surface area (Å²) in [6.07, 6.45) is 3.40. The third-order valence-electron chi connectivity index (χ3n) is 4.36. The molecule has 3 aromatic heterocycles. The monoisotopic (exact) mass is 360 g/mol. The maximum Gasteiger partial charge on any atom is 0.245 e. The summed E-state index contributed by atoms with van der Waals surface area (Å²) >= 11 is 1.71. The van der Waals surface area contributed by atoms with Gasteiger partial charge in [0, 0.05) is 18.5 Å². The van der Waals surface area contributed by atoms with Gasteiger partial charge in [-0.1, -0.05) is 6.07 Å². The molecule has 0 aliphatic carbocycles. The number of fused-ring (bicyclic) bond motifs is 1. The summed E-state index contributed by atoms with van der Waals surface area (Å²) in [5, 5.41) is 13.1. The van der Waals surface area contributed by atoms with E-state index in [1.807, 2.05) is 6.07 Å². The van der Waals surface area contributed by atoms with Crippen LogP contribution in [0.15, 0.2) is 22.1 Å². The van der Waals surface area contributed by atoms with Gasteiger partial charge in [-0.3, -0.25) is 0 Å². The fraction of sp³-hybridized carbons (Fsp3) is 0.500. The van der Waals surface area contributed by atoms with E-state index in [2.05, 4.69) is 41.9 Å². The number of anilines is 2. The predicted octanol–water partition coefficient (Wildman–Crippen LogP) is 2.69. The summed E-state index contributed by atoms with van der Waals surface area (Å²) in [5.41, 5.74) is 0.844. The molecule has 0 spiro atoms. The summed E-state index contributed by atoms with van der Waals surface area (Å²) in [6.45, 7) is 2.28. The summed E-state index contributed by atoms with van der Waals surface area (Å²) < 4.78 is 10.2. The molecule has 1 aliphatic rings. The van der Waals surface area contributed by atoms with Crippen molar-refractivity contribution in [1.82, 2.24) is 20.3 Å². The van der Waals surface area contributed by atoms with Crippen molar-refractivity contribution in [3.63, 3.8) is 0 Å². The molecular formula is C16H20N6O2S. The first kappa shape index (κ1) is 16.2. The van der Waals surface area contributed by atoms with Crippen LogP contribution >= 0.6 is 11.3 Å². The van der Waals surface area contributed by atoms with Crippen LogP contribution in [0.2, 0.25) is 0 Å². The van der Waals surface area contributed by atoms with Gasteiger partial charge < -0.3 is 15.0 Å². The van der Waals surface area contributed by atoms with E-state index in [0.717, 1.165) is 25.2 Å². The Bertz CT molecular complexity index is 819. The zero-order valence-corrected chi connectivity index (χ0v) is 14.8. The fourth-order valence-corrected chi connectivity index (χ4v) is 3.82. The molecule has 4 heterocycles. The number of rotatable bonds is 6. The minimum Gasteiger partial charge on any atom is -0.383 e. The van der Waals surface area contributed by atoms with Gasteiger partial charge in [0.1, 0.15) is 0 Å². The minimum atomic E-state index is 0.285. The molecule has 0 amide bonds. The van der Waals surface area contributed by atoms with Crippen molar-refractivity contribution in [2.45, 2.75) is 31.8 Å². The van der Waals surface area contributed by atoms with Crippen LogP contribution in [-0.4, -0.2) is 46.6 Å². The number of hydrogen-bond donors (Lipinski definition) is 1. The normalized spacial score (nSPS) is 18.0. The van der Waals surface area contributed by atoms with E-state index >= 15 is 0 Å². The van der Waals surface area contributed by atoms with Gasteiger partial charge in [-0.15, -0.1) is 11.3 Å². The summed E-state index contributed by atoms with van der Waals surface area (Å²) in [5.74, 6) is 1.50. The van der Waals surface area contributed by atoms with Crippen LogP contribution in [0.4, 0.5) is 11.6 Å². The molecule has 1 aliphatic heterocycles. The number of nitrogens with one attached hydrogen (secondary N) is 1. The van der Waals surface area contributed by atoms with E-state index in [-0.39, 0.29) is 6.04 Å². The lowest BCUT2D eigenvalue weighted by molar-refractivity contribution is 0.166. The smallest absolute Gasteiger partial charge is 0.245 e. The average Bonchev–Trinajstić information content (AvgIpc) is 3.31. The maximum absolute atomic E-state index is 5.41. The highest BCUT2D eigenvalue weighted by Crippen LogP contribution is 2.30. The van der Waals surface area contributed by atoms with Crippen molar-refractivity contribution in [1.29, 1.82) is 0 Å². The van der Waals surface area contributed by atoms with Gasteiger partial charge in [0.15, 0.2) is 11.6 Å². The van der Waals surface area contributed by atoms with Crippen molar-refractivity contribution in [3.05, 3.63) is 22.4 Å². The standard InChI is InChI=1S/C16H20N6O2S/c1-23-10-11-5-2-3-7-22(11)16-15(17-9-12-6-4-8-25-12)18-13-14(19-16)21-24-20-13/h4,6,8,11H,2-3,5,7,9-10H2,1H3,(H,17,18,20)/t11-/m1/s1. The van der Waals surface area contributed by atoms with E-state index in [1.54, 1.807) is 18.4 Å². The highest BCUT2D eigenvalue weighted by molar-refractivity contribution is 7.09. The van der Waals surface area contributed by atoms with Crippen LogP contribution < -0.4 is 10.2 Å². The van der Waals surface area contributed by atoms with Crippen molar-refractivity contribution >= 4 is 34.3 Å². The molecule has 132 valence electrons. The lowest BCUT2D eigenvalue weighted by atomic mass is 10.0. The van der Waals surface area contributed by atoms with Gasteiger partial charge in [0.2, 0.25) is 11.3 Å². The van der Waals surface area contributed by atoms with Gasteiger partial charge in [0.05, 0.1) is 19.2 Å². The number of aromatic nitrogens is 4. The molecule has 0 radical (unpaired) electrons. The molecular weight excluding hydrogens is 340 g/mol. The molecule has 1 atom stereocenters. The summed E-state index contributed by atoms with van der Waals surface area (Å²) in [7, 11) is 1.74. The van der Waals surface area contributed by atoms with Crippen molar-refractivity contribution in [3.8, 4) is 0 Å². The average molecular weight is 360 g/mol. The van der Waals surface area contributed by atoms with Crippen LogP contribution in [0.25, 0.3) is 11.3 Å². The van der Waals surface area contributed by atoms with Crippen LogP contribution in [0.5, 0.6) is 0 Å². The largest absolute Gasteiger partial charge is 0.383 e. The molecule has 3 aromatic rings. The Hall–Kier alpha value is -2.26. The molecule has 25 heavy (non-hydrogen) atoms. The number of thiophene rings is 1. The maximum atomic E-state index is 5.41. The first-order chi connectivity index (χ1) is 12.3. The van der Waals surface area contributed by atoms with E-state index in [1.165, 1.54) is 11.3 Å². The molecule has 0 saturated carbocycles. The predicted molar refractivity (Wildman–Crippen MR) is 95.9 cm³/mol. The molecule has 0 bridgehead atoms. The Labute approximate surface area is 149 Å². The highest BCUT2D eigenvalue weighted by atomic mass is 32.1. The topological polar surface area (TPSA) is 89.2 Å². The van der Waals surface area contributed by atoms with E-state index in [9.17, 15) is 0 Å². The molecule has 9 heteroatoms. The summed E-state index contributed by atoms with van der Waals surface area (Å²) in [6, 6.07) is 4.42. The molecule has 1 N–H and O–H groups in total. The van der Waals surface area contributed by atoms with E-state index in [0.29, 0.717) is 30.3 Å². The SMILES string of the molecule is COC[C@H]1CCCCN1c1nc2nonc2nc1NCc1cccs1. The Morgan fingerprint density at radius 3 is 3.00 bits per heavy atom. The Kier molecular flexibility index (Phi) is 4.75. The van der Waals surface area contributed by atoms with Crippen LogP contribution in [0.1, 0.15) is 24.1 Å². The second-order valence-electron chi connectivity index (χ2n) is 6.04. The third-order valence-corrected chi connectivity index (χ3v) is 5.24. The third kappa shape index (κ3) is 3.42. The Morgan fingerprint density at radius 2 is 2.20 bits per heavy atom. The number of methoxy groups -OCH3 is 1. The number of piperidine rings is 1. The molecule has 8 nitrogen and oxygen atoms in total. The van der Waals surface area contributed by atoms with Crippen LogP contribution in [0.3, 0.4) is 0 Å². The van der Waals surface area contributed by atoms with E-state index < -0.39 is 0 Å². The quantitative estimate of drug-likeness (QED) is 0.718. The summed E-state index contributed by atoms with van der Waals surface area (Å²) in [4.78, 5) is 12.8. The van der Waals surface area contributed by atoms with Crippen molar-refractivity contribution < 1.29 is 9.37 Å². The van der Waals surface area contributed by atoms with Crippen molar-refractivity contribution in [2.75, 3.05) is 30.5 Å². The highest BCUT2D eigenvalue weighted by Gasteiger charge is 2.27. The fourth-order valence-electron chi connectivity index (χ4n) is 3.18.